The first-order valence-electron chi connectivity index (χ1n) is 10.7. The number of para-hydroxylation sites is 4. The van der Waals surface area contributed by atoms with Gasteiger partial charge in [0.1, 0.15) is 6.17 Å². The van der Waals surface area contributed by atoms with Gasteiger partial charge in [-0.1, -0.05) is 74.5 Å². The van der Waals surface area contributed by atoms with Gasteiger partial charge in [-0.25, -0.2) is 0 Å². The first-order chi connectivity index (χ1) is 14.2. The van der Waals surface area contributed by atoms with E-state index in [2.05, 4.69) is 103 Å². The van der Waals surface area contributed by atoms with Crippen LogP contribution in [0.25, 0.3) is 0 Å². The Balaban J connectivity index is 1.70. The van der Waals surface area contributed by atoms with Crippen molar-refractivity contribution in [3.8, 4) is 0 Å². The fourth-order valence-electron chi connectivity index (χ4n) is 6.68. The molecule has 0 aromatic heterocycles. The summed E-state index contributed by atoms with van der Waals surface area (Å²) in [6.45, 7) is 9.38. The number of hydrogen-bond acceptors (Lipinski definition) is 2. The molecule has 0 amide bonds. The summed E-state index contributed by atoms with van der Waals surface area (Å²) in [4.78, 5) is 5.16. The topological polar surface area (TPSA) is 6.48 Å². The van der Waals surface area contributed by atoms with E-state index in [1.165, 1.54) is 33.9 Å². The molecule has 6 rings (SSSR count). The lowest BCUT2D eigenvalue weighted by Crippen LogP contribution is -2.51. The van der Waals surface area contributed by atoms with E-state index in [-0.39, 0.29) is 17.0 Å². The zero-order valence-electron chi connectivity index (χ0n) is 17.1. The fraction of sp³-hybridized carbons (Fsp3) is 0.259. The third kappa shape index (κ3) is 1.71. The molecule has 3 aliphatic rings. The van der Waals surface area contributed by atoms with Crippen LogP contribution in [-0.4, -0.2) is 6.17 Å². The largest absolute Gasteiger partial charge is 0.317 e. The Morgan fingerprint density at radius 2 is 1.31 bits per heavy atom. The van der Waals surface area contributed by atoms with Crippen LogP contribution < -0.4 is 9.80 Å². The van der Waals surface area contributed by atoms with Crippen molar-refractivity contribution in [2.75, 3.05) is 9.80 Å². The highest BCUT2D eigenvalue weighted by Gasteiger charge is 2.78. The number of rotatable bonds is 3. The summed E-state index contributed by atoms with van der Waals surface area (Å²) < 4.78 is 0. The first kappa shape index (κ1) is 16.9. The lowest BCUT2D eigenvalue weighted by atomic mass is 9.76. The number of nitrogens with zero attached hydrogens (tertiary/aromatic N) is 2. The van der Waals surface area contributed by atoms with Gasteiger partial charge in [-0.2, -0.15) is 0 Å². The van der Waals surface area contributed by atoms with E-state index in [0.717, 1.165) is 12.8 Å². The summed E-state index contributed by atoms with van der Waals surface area (Å²) in [6, 6.07) is 28.7. The minimum atomic E-state index is 0.0466. The molecular weight excluding hydrogens is 352 g/mol. The molecule has 29 heavy (non-hydrogen) atoms. The van der Waals surface area contributed by atoms with Gasteiger partial charge in [-0.3, -0.25) is 0 Å². The first-order valence-corrected chi connectivity index (χ1v) is 10.7. The van der Waals surface area contributed by atoms with Crippen molar-refractivity contribution in [3.05, 3.63) is 96.6 Å². The van der Waals surface area contributed by atoms with Crippen LogP contribution in [0.2, 0.25) is 0 Å². The van der Waals surface area contributed by atoms with Gasteiger partial charge in [0.15, 0.2) is 0 Å². The molecule has 1 fully saturated rings. The van der Waals surface area contributed by atoms with Crippen molar-refractivity contribution < 1.29 is 0 Å². The van der Waals surface area contributed by atoms with E-state index >= 15 is 0 Å². The highest BCUT2D eigenvalue weighted by atomic mass is 15.5. The predicted molar refractivity (Wildman–Crippen MR) is 121 cm³/mol. The summed E-state index contributed by atoms with van der Waals surface area (Å²) in [5, 5.41) is 0. The third-order valence-electron chi connectivity index (χ3n) is 7.83. The van der Waals surface area contributed by atoms with Crippen LogP contribution >= 0.6 is 0 Å². The second-order valence-corrected chi connectivity index (χ2v) is 8.52. The molecule has 0 bridgehead atoms. The molecule has 3 atom stereocenters. The maximum Gasteiger partial charge on any atom is 0.122 e. The van der Waals surface area contributed by atoms with Gasteiger partial charge < -0.3 is 9.80 Å². The van der Waals surface area contributed by atoms with Gasteiger partial charge in [-0.05, 0) is 48.7 Å². The Kier molecular flexibility index (Phi) is 3.23. The summed E-state index contributed by atoms with van der Waals surface area (Å²) >= 11 is 0. The average molecular weight is 379 g/mol. The fourth-order valence-corrected chi connectivity index (χ4v) is 6.68. The molecule has 0 N–H and O–H groups in total. The van der Waals surface area contributed by atoms with Crippen LogP contribution in [0.3, 0.4) is 0 Å². The smallest absolute Gasteiger partial charge is 0.122 e. The predicted octanol–water partition coefficient (Wildman–Crippen LogP) is 6.93. The molecule has 0 saturated heterocycles. The van der Waals surface area contributed by atoms with Crippen LogP contribution in [0.5, 0.6) is 0 Å². The van der Waals surface area contributed by atoms with Crippen molar-refractivity contribution in [3.63, 3.8) is 0 Å². The number of anilines is 4. The van der Waals surface area contributed by atoms with E-state index in [9.17, 15) is 0 Å². The van der Waals surface area contributed by atoms with Crippen molar-refractivity contribution in [2.24, 2.45) is 5.41 Å². The lowest BCUT2D eigenvalue weighted by Gasteiger charge is -2.46. The van der Waals surface area contributed by atoms with E-state index < -0.39 is 0 Å². The molecule has 2 nitrogen and oxygen atoms in total. The summed E-state index contributed by atoms with van der Waals surface area (Å²) in [5.41, 5.74) is 8.15. The minimum Gasteiger partial charge on any atom is -0.317 e. The van der Waals surface area contributed by atoms with Gasteiger partial charge >= 0.3 is 0 Å². The highest BCUT2D eigenvalue weighted by Crippen LogP contribution is 2.80. The monoisotopic (exact) mass is 378 g/mol. The lowest BCUT2D eigenvalue weighted by molar-refractivity contribution is 0.316. The molecule has 144 valence electrons. The Hall–Kier alpha value is -3.00. The van der Waals surface area contributed by atoms with Gasteiger partial charge in [0, 0.05) is 22.2 Å². The number of benzene rings is 3. The van der Waals surface area contributed by atoms with Gasteiger partial charge in [0.2, 0.25) is 0 Å². The Labute approximate surface area is 173 Å². The summed E-state index contributed by atoms with van der Waals surface area (Å²) in [7, 11) is 0. The maximum atomic E-state index is 4.69. The third-order valence-corrected chi connectivity index (χ3v) is 7.83. The van der Waals surface area contributed by atoms with Crippen LogP contribution in [0.4, 0.5) is 22.7 Å². The van der Waals surface area contributed by atoms with Crippen LogP contribution in [0, 0.1) is 5.41 Å². The summed E-state index contributed by atoms with van der Waals surface area (Å²) in [5.74, 6) is 0. The number of fused-ring (bicyclic) bond motifs is 8. The highest BCUT2D eigenvalue weighted by molar-refractivity contribution is 5.94. The maximum absolute atomic E-state index is 4.69. The molecule has 0 spiro atoms. The normalized spacial score (nSPS) is 28.5. The zero-order chi connectivity index (χ0) is 19.8. The van der Waals surface area contributed by atoms with Gasteiger partial charge in [0.25, 0.3) is 0 Å². The standard InChI is InChI=1S/C27H26N2/c1-4-26-19(3)27(26,5-2)25-28(20-13-7-6-8-14-20)23-17-11-12-18-24(23)29(25)22-16-10-9-15-21(22)26/h6-18,25H,3-5H2,1-2H3. The van der Waals surface area contributed by atoms with Crippen molar-refractivity contribution in [1.82, 2.24) is 0 Å². The molecule has 2 heterocycles. The molecular formula is C27H26N2. The Morgan fingerprint density at radius 1 is 0.724 bits per heavy atom. The van der Waals surface area contributed by atoms with Gasteiger partial charge in [0.05, 0.1) is 11.4 Å². The molecule has 2 heteroatoms. The second kappa shape index (κ2) is 5.54. The van der Waals surface area contributed by atoms with Crippen LogP contribution in [0.1, 0.15) is 32.3 Å². The Morgan fingerprint density at radius 3 is 1.97 bits per heavy atom. The van der Waals surface area contributed by atoms with E-state index in [1.807, 2.05) is 0 Å². The summed E-state index contributed by atoms with van der Waals surface area (Å²) in [6.07, 6.45) is 2.40. The molecule has 3 unspecified atom stereocenters. The van der Waals surface area contributed by atoms with Crippen molar-refractivity contribution in [2.45, 2.75) is 38.3 Å². The van der Waals surface area contributed by atoms with Crippen LogP contribution in [-0.2, 0) is 5.41 Å². The van der Waals surface area contributed by atoms with Crippen LogP contribution in [0.15, 0.2) is 91.0 Å². The molecule has 1 aliphatic carbocycles. The van der Waals surface area contributed by atoms with Crippen molar-refractivity contribution in [1.29, 1.82) is 0 Å². The molecule has 2 aliphatic heterocycles. The number of hydrogen-bond donors (Lipinski definition) is 0. The molecule has 1 saturated carbocycles. The van der Waals surface area contributed by atoms with Crippen molar-refractivity contribution >= 4 is 22.7 Å². The van der Waals surface area contributed by atoms with E-state index in [1.54, 1.807) is 0 Å². The van der Waals surface area contributed by atoms with E-state index in [0.29, 0.717) is 0 Å². The molecule has 3 aromatic carbocycles. The second-order valence-electron chi connectivity index (χ2n) is 8.52. The zero-order valence-corrected chi connectivity index (χ0v) is 17.1. The SMILES string of the molecule is C=C1C2(CC)c3ccccc3N3c4ccccc4N(c4ccccc4)C3C12CC. The molecule has 0 radical (unpaired) electrons. The molecule has 3 aromatic rings. The average Bonchev–Trinajstić information content (AvgIpc) is 3.16. The minimum absolute atomic E-state index is 0.0466. The van der Waals surface area contributed by atoms with E-state index in [4.69, 9.17) is 6.58 Å². The van der Waals surface area contributed by atoms with Gasteiger partial charge in [-0.15, -0.1) is 0 Å². The quantitative estimate of drug-likeness (QED) is 0.456. The Bertz CT molecular complexity index is 1130.